The second kappa shape index (κ2) is 9.34. The van der Waals surface area contributed by atoms with E-state index in [4.69, 9.17) is 27.9 Å². The average Bonchev–Trinajstić information content (AvgIpc) is 2.70. The van der Waals surface area contributed by atoms with Gasteiger partial charge in [-0.15, -0.1) is 0 Å². The molecule has 1 fully saturated rings. The minimum Gasteiger partial charge on any atom is -0.479 e. The van der Waals surface area contributed by atoms with Crippen LogP contribution in [0, 0.1) is 0 Å². The van der Waals surface area contributed by atoms with Crippen molar-refractivity contribution in [2.24, 2.45) is 0 Å². The highest BCUT2D eigenvalue weighted by Gasteiger charge is 2.31. The third-order valence-electron chi connectivity index (χ3n) is 4.68. The summed E-state index contributed by atoms with van der Waals surface area (Å²) in [6.45, 7) is 2.79. The molecule has 0 aromatic heterocycles. The normalized spacial score (nSPS) is 16.4. The number of carbonyl (C=O) groups is 1. The summed E-state index contributed by atoms with van der Waals surface area (Å²) < 4.78 is 32.4. The number of hydrogen-bond acceptors (Lipinski definition) is 4. The first-order valence-corrected chi connectivity index (χ1v) is 11.5. The first kappa shape index (κ1) is 21.9. The molecule has 0 radical (unpaired) electrons. The Balaban J connectivity index is 1.56. The Morgan fingerprint density at radius 2 is 1.72 bits per heavy atom. The molecule has 29 heavy (non-hydrogen) atoms. The molecule has 0 aliphatic carbocycles. The molecule has 1 atom stereocenters. The Morgan fingerprint density at radius 1 is 1.07 bits per heavy atom. The summed E-state index contributed by atoms with van der Waals surface area (Å²) in [4.78, 5) is 14.3. The first-order valence-electron chi connectivity index (χ1n) is 9.18. The molecule has 6 nitrogen and oxygen atoms in total. The van der Waals surface area contributed by atoms with E-state index < -0.39 is 16.1 Å². The summed E-state index contributed by atoms with van der Waals surface area (Å²) in [7, 11) is -3.43. The zero-order valence-corrected chi connectivity index (χ0v) is 18.3. The number of sulfonamides is 1. The van der Waals surface area contributed by atoms with Gasteiger partial charge in [0.2, 0.25) is 10.0 Å². The average molecular weight is 457 g/mol. The Kier molecular flexibility index (Phi) is 7.05. The Labute approximate surface area is 181 Å². The van der Waals surface area contributed by atoms with Gasteiger partial charge < -0.3 is 9.64 Å². The van der Waals surface area contributed by atoms with Crippen LogP contribution in [0.2, 0.25) is 10.0 Å². The van der Waals surface area contributed by atoms with Crippen LogP contribution in [-0.4, -0.2) is 55.8 Å². The topological polar surface area (TPSA) is 66.9 Å². The second-order valence-corrected chi connectivity index (χ2v) is 9.61. The lowest BCUT2D eigenvalue weighted by atomic mass is 10.2. The molecule has 3 rings (SSSR count). The zero-order chi connectivity index (χ0) is 21.0. The van der Waals surface area contributed by atoms with Crippen molar-refractivity contribution < 1.29 is 17.9 Å². The Morgan fingerprint density at radius 3 is 2.34 bits per heavy atom. The predicted octanol–water partition coefficient (Wildman–Crippen LogP) is 3.43. The number of ether oxygens (including phenoxy) is 1. The molecule has 156 valence electrons. The maximum absolute atomic E-state index is 12.7. The molecular weight excluding hydrogens is 435 g/mol. The maximum Gasteiger partial charge on any atom is 0.263 e. The van der Waals surface area contributed by atoms with Crippen LogP contribution in [0.1, 0.15) is 12.5 Å². The van der Waals surface area contributed by atoms with Crippen LogP contribution < -0.4 is 4.74 Å². The van der Waals surface area contributed by atoms with E-state index in [0.29, 0.717) is 28.9 Å². The Hall–Kier alpha value is -1.80. The summed E-state index contributed by atoms with van der Waals surface area (Å²) in [5.74, 6) is 0.119. The maximum atomic E-state index is 12.7. The van der Waals surface area contributed by atoms with Crippen LogP contribution in [0.4, 0.5) is 0 Å². The third kappa shape index (κ3) is 5.63. The van der Waals surface area contributed by atoms with Gasteiger partial charge in [0.05, 0.1) is 10.8 Å². The number of halogens is 2. The summed E-state index contributed by atoms with van der Waals surface area (Å²) in [6.07, 6.45) is -0.749. The lowest BCUT2D eigenvalue weighted by Crippen LogP contribution is -2.53. The standard InChI is InChI=1S/C20H22Cl2N2O4S/c1-15(28-19-8-7-17(21)13-18(19)22)20(25)23-9-11-24(12-10-23)29(26,27)14-16-5-3-2-4-6-16/h2-8,13,15H,9-12,14H2,1H3/t15-/m1/s1. The van der Waals surface area contributed by atoms with Gasteiger partial charge in [-0.25, -0.2) is 8.42 Å². The van der Waals surface area contributed by atoms with E-state index in [2.05, 4.69) is 0 Å². The van der Waals surface area contributed by atoms with E-state index in [-0.39, 0.29) is 24.7 Å². The highest BCUT2D eigenvalue weighted by atomic mass is 35.5. The van der Waals surface area contributed by atoms with Crippen LogP contribution >= 0.6 is 23.2 Å². The number of carbonyl (C=O) groups excluding carboxylic acids is 1. The van der Waals surface area contributed by atoms with E-state index in [1.54, 1.807) is 42.2 Å². The molecule has 0 unspecified atom stereocenters. The molecule has 0 saturated carbocycles. The molecule has 9 heteroatoms. The zero-order valence-electron chi connectivity index (χ0n) is 15.9. The molecule has 1 amide bonds. The fourth-order valence-corrected chi connectivity index (χ4v) is 5.10. The fraction of sp³-hybridized carbons (Fsp3) is 0.350. The lowest BCUT2D eigenvalue weighted by molar-refractivity contribution is -0.139. The number of benzene rings is 2. The van der Waals surface area contributed by atoms with Gasteiger partial charge in [-0.05, 0) is 30.7 Å². The van der Waals surface area contributed by atoms with Crippen LogP contribution in [0.15, 0.2) is 48.5 Å². The number of hydrogen-bond donors (Lipinski definition) is 0. The van der Waals surface area contributed by atoms with Crippen LogP contribution in [0.25, 0.3) is 0 Å². The molecule has 1 aliphatic heterocycles. The SMILES string of the molecule is C[C@@H](Oc1ccc(Cl)cc1Cl)C(=O)N1CCN(S(=O)(=O)Cc2ccccc2)CC1. The van der Waals surface area contributed by atoms with Gasteiger partial charge in [-0.1, -0.05) is 53.5 Å². The van der Waals surface area contributed by atoms with Crippen molar-refractivity contribution in [3.05, 3.63) is 64.1 Å². The summed E-state index contributed by atoms with van der Waals surface area (Å²) >= 11 is 12.0. The number of amides is 1. The summed E-state index contributed by atoms with van der Waals surface area (Å²) in [5, 5.41) is 0.808. The van der Waals surface area contributed by atoms with Crippen LogP contribution in [-0.2, 0) is 20.6 Å². The molecule has 0 N–H and O–H groups in total. The van der Waals surface area contributed by atoms with Gasteiger partial charge in [-0.3, -0.25) is 4.79 Å². The van der Waals surface area contributed by atoms with Crippen molar-refractivity contribution in [3.63, 3.8) is 0 Å². The Bertz CT molecular complexity index is 962. The summed E-state index contributed by atoms with van der Waals surface area (Å²) in [5.41, 5.74) is 0.743. The molecule has 0 spiro atoms. The predicted molar refractivity (Wildman–Crippen MR) is 114 cm³/mol. The van der Waals surface area contributed by atoms with Crippen molar-refractivity contribution in [2.75, 3.05) is 26.2 Å². The monoisotopic (exact) mass is 456 g/mol. The van der Waals surface area contributed by atoms with Gasteiger partial charge in [0, 0.05) is 31.2 Å². The van der Waals surface area contributed by atoms with Crippen LogP contribution in [0.3, 0.4) is 0 Å². The van der Waals surface area contributed by atoms with Crippen LogP contribution in [0.5, 0.6) is 5.75 Å². The third-order valence-corrected chi connectivity index (χ3v) is 7.06. The quantitative estimate of drug-likeness (QED) is 0.667. The van der Waals surface area contributed by atoms with Crippen molar-refractivity contribution in [1.82, 2.24) is 9.21 Å². The van der Waals surface area contributed by atoms with Gasteiger partial charge in [0.1, 0.15) is 5.75 Å². The molecule has 2 aromatic carbocycles. The van der Waals surface area contributed by atoms with Gasteiger partial charge in [0.25, 0.3) is 5.91 Å². The highest BCUT2D eigenvalue weighted by molar-refractivity contribution is 7.88. The van der Waals surface area contributed by atoms with Gasteiger partial charge in [-0.2, -0.15) is 4.31 Å². The lowest BCUT2D eigenvalue weighted by Gasteiger charge is -2.35. The van der Waals surface area contributed by atoms with E-state index in [1.807, 2.05) is 18.2 Å². The smallest absolute Gasteiger partial charge is 0.263 e. The van der Waals surface area contributed by atoms with Gasteiger partial charge in [0.15, 0.2) is 6.10 Å². The number of rotatable bonds is 6. The van der Waals surface area contributed by atoms with E-state index in [0.717, 1.165) is 5.56 Å². The highest BCUT2D eigenvalue weighted by Crippen LogP contribution is 2.28. The van der Waals surface area contributed by atoms with Crippen molar-refractivity contribution >= 4 is 39.1 Å². The van der Waals surface area contributed by atoms with E-state index in [1.165, 1.54) is 4.31 Å². The molecule has 0 bridgehead atoms. The molecule has 1 heterocycles. The fourth-order valence-electron chi connectivity index (χ4n) is 3.13. The van der Waals surface area contributed by atoms with Gasteiger partial charge >= 0.3 is 0 Å². The molecule has 2 aromatic rings. The molecule has 1 saturated heterocycles. The van der Waals surface area contributed by atoms with Crippen molar-refractivity contribution in [2.45, 2.75) is 18.8 Å². The largest absolute Gasteiger partial charge is 0.479 e. The molecular formula is C20H22Cl2N2O4S. The number of piperazine rings is 1. The minimum absolute atomic E-state index is 0.0453. The van der Waals surface area contributed by atoms with Crippen molar-refractivity contribution in [3.8, 4) is 5.75 Å². The van der Waals surface area contributed by atoms with E-state index >= 15 is 0 Å². The molecule has 1 aliphatic rings. The minimum atomic E-state index is -3.43. The first-order chi connectivity index (χ1) is 13.8. The second-order valence-electron chi connectivity index (χ2n) is 6.80. The van der Waals surface area contributed by atoms with Crippen molar-refractivity contribution in [1.29, 1.82) is 0 Å². The van der Waals surface area contributed by atoms with E-state index in [9.17, 15) is 13.2 Å². The summed E-state index contributed by atoms with van der Waals surface area (Å²) in [6, 6.07) is 13.9. The number of nitrogens with zero attached hydrogens (tertiary/aromatic N) is 2.